The van der Waals surface area contributed by atoms with Gasteiger partial charge in [0.25, 0.3) is 5.91 Å². The van der Waals surface area contributed by atoms with Crippen LogP contribution in [0.3, 0.4) is 0 Å². The number of carbonyl (C=O) groups is 1. The van der Waals surface area contributed by atoms with Gasteiger partial charge in [-0.15, -0.1) is 0 Å². The Kier molecular flexibility index (Phi) is 7.44. The second kappa shape index (κ2) is 8.83. The molecule has 0 spiro atoms. The van der Waals surface area contributed by atoms with Gasteiger partial charge in [0.05, 0.1) is 0 Å². The van der Waals surface area contributed by atoms with E-state index in [1.165, 1.54) is 31.2 Å². The van der Waals surface area contributed by atoms with Crippen LogP contribution in [-0.4, -0.2) is 29.6 Å². The number of aliphatic hydroxyl groups is 1. The maximum atomic E-state index is 11.4. The Hall–Kier alpha value is -1.35. The van der Waals surface area contributed by atoms with E-state index >= 15 is 0 Å². The largest absolute Gasteiger partial charge is 0.396 e. The average molecular weight is 291 g/mol. The lowest BCUT2D eigenvalue weighted by Crippen LogP contribution is -2.17. The third-order valence-corrected chi connectivity index (χ3v) is 3.98. The van der Waals surface area contributed by atoms with Crippen molar-refractivity contribution in [3.63, 3.8) is 0 Å². The van der Waals surface area contributed by atoms with Gasteiger partial charge in [-0.1, -0.05) is 44.4 Å². The lowest BCUT2D eigenvalue weighted by Gasteiger charge is -2.04. The van der Waals surface area contributed by atoms with Gasteiger partial charge in [-0.2, -0.15) is 0 Å². The molecule has 3 rings (SSSR count). The number of nitrogens with zero attached hydrogens (tertiary/aromatic N) is 1. The standard InChI is InChI=1S/C10H11NO.C6H12O.C2H6/c1-7-3-4-9-8(5-7)6-11(2)10(9)12;7-5-6-3-1-2-4-6;1-2/h3-5H,6H2,1-2H3;6-7H,1-5H2;1-2H3. The lowest BCUT2D eigenvalue weighted by molar-refractivity contribution is 0.0816. The topological polar surface area (TPSA) is 40.5 Å². The molecular formula is C18H29NO2. The summed E-state index contributed by atoms with van der Waals surface area (Å²) in [6.45, 7) is 7.22. The minimum atomic E-state index is 0.144. The molecule has 21 heavy (non-hydrogen) atoms. The van der Waals surface area contributed by atoms with Gasteiger partial charge in [0.15, 0.2) is 0 Å². The van der Waals surface area contributed by atoms with E-state index in [1.807, 2.05) is 40.0 Å². The first-order chi connectivity index (χ1) is 10.1. The molecule has 1 fully saturated rings. The van der Waals surface area contributed by atoms with Crippen LogP contribution in [0.25, 0.3) is 0 Å². The molecule has 1 aliphatic heterocycles. The SMILES string of the molecule is CC.Cc1ccc2c(c1)CN(C)C2=O.OCC1CCCC1. The number of hydrogen-bond acceptors (Lipinski definition) is 2. The molecule has 3 heteroatoms. The fourth-order valence-electron chi connectivity index (χ4n) is 2.79. The summed E-state index contributed by atoms with van der Waals surface area (Å²) in [5, 5.41) is 8.57. The van der Waals surface area contributed by atoms with Crippen molar-refractivity contribution in [3.8, 4) is 0 Å². The Morgan fingerprint density at radius 2 is 1.86 bits per heavy atom. The zero-order chi connectivity index (χ0) is 15.8. The number of carbonyl (C=O) groups excluding carboxylic acids is 1. The summed E-state index contributed by atoms with van der Waals surface area (Å²) >= 11 is 0. The fraction of sp³-hybridized carbons (Fsp3) is 0.611. The Morgan fingerprint density at radius 3 is 2.38 bits per heavy atom. The van der Waals surface area contributed by atoms with Crippen molar-refractivity contribution < 1.29 is 9.90 Å². The summed E-state index contributed by atoms with van der Waals surface area (Å²) in [5.74, 6) is 0.796. The molecule has 1 N–H and O–H groups in total. The zero-order valence-corrected chi connectivity index (χ0v) is 13.9. The molecule has 0 aromatic heterocycles. The van der Waals surface area contributed by atoms with Crippen LogP contribution in [0.5, 0.6) is 0 Å². The summed E-state index contributed by atoms with van der Waals surface area (Å²) in [5.41, 5.74) is 3.24. The molecule has 0 bridgehead atoms. The molecule has 0 radical (unpaired) electrons. The first-order valence-electron chi connectivity index (χ1n) is 8.07. The average Bonchev–Trinajstić information content (AvgIpc) is 3.11. The molecule has 3 nitrogen and oxygen atoms in total. The molecule has 0 saturated heterocycles. The summed E-state index contributed by atoms with van der Waals surface area (Å²) in [6, 6.07) is 5.98. The van der Waals surface area contributed by atoms with Crippen LogP contribution >= 0.6 is 0 Å². The molecule has 1 amide bonds. The quantitative estimate of drug-likeness (QED) is 0.855. The maximum Gasteiger partial charge on any atom is 0.254 e. The summed E-state index contributed by atoms with van der Waals surface area (Å²) in [7, 11) is 1.83. The van der Waals surface area contributed by atoms with Crippen LogP contribution in [0.1, 0.15) is 61.0 Å². The van der Waals surface area contributed by atoms with E-state index in [0.717, 1.165) is 17.7 Å². The number of fused-ring (bicyclic) bond motifs is 1. The minimum Gasteiger partial charge on any atom is -0.396 e. The van der Waals surface area contributed by atoms with E-state index in [1.54, 1.807) is 4.90 Å². The van der Waals surface area contributed by atoms with E-state index < -0.39 is 0 Å². The van der Waals surface area contributed by atoms with Crippen molar-refractivity contribution >= 4 is 5.91 Å². The smallest absolute Gasteiger partial charge is 0.254 e. The summed E-state index contributed by atoms with van der Waals surface area (Å²) in [6.07, 6.45) is 5.20. The highest BCUT2D eigenvalue weighted by atomic mass is 16.3. The molecule has 2 aliphatic rings. The van der Waals surface area contributed by atoms with E-state index in [-0.39, 0.29) is 5.91 Å². The normalized spacial score (nSPS) is 16.8. The molecule has 1 aromatic rings. The second-order valence-electron chi connectivity index (χ2n) is 5.65. The van der Waals surface area contributed by atoms with Crippen molar-refractivity contribution in [2.45, 2.75) is 53.0 Å². The van der Waals surface area contributed by atoms with E-state index in [4.69, 9.17) is 5.11 Å². The molecular weight excluding hydrogens is 262 g/mol. The van der Waals surface area contributed by atoms with Crippen LogP contribution in [0.2, 0.25) is 0 Å². The van der Waals surface area contributed by atoms with Gasteiger partial charge in [0, 0.05) is 25.8 Å². The van der Waals surface area contributed by atoms with Gasteiger partial charge < -0.3 is 10.0 Å². The predicted octanol–water partition coefficient (Wildman–Crippen LogP) is 3.78. The third kappa shape index (κ3) is 4.85. The van der Waals surface area contributed by atoms with Crippen LogP contribution < -0.4 is 0 Å². The van der Waals surface area contributed by atoms with Crippen molar-refractivity contribution in [3.05, 3.63) is 34.9 Å². The number of aryl methyl sites for hydroxylation is 1. The molecule has 1 saturated carbocycles. The van der Waals surface area contributed by atoms with E-state index in [9.17, 15) is 4.79 Å². The van der Waals surface area contributed by atoms with E-state index in [0.29, 0.717) is 12.5 Å². The van der Waals surface area contributed by atoms with Crippen LogP contribution in [0, 0.1) is 12.8 Å². The van der Waals surface area contributed by atoms with Crippen molar-refractivity contribution in [1.82, 2.24) is 4.90 Å². The van der Waals surface area contributed by atoms with Crippen LogP contribution in [0.4, 0.5) is 0 Å². The molecule has 1 aliphatic carbocycles. The van der Waals surface area contributed by atoms with E-state index in [2.05, 4.69) is 6.07 Å². The van der Waals surface area contributed by atoms with Gasteiger partial charge in [-0.25, -0.2) is 0 Å². The van der Waals surface area contributed by atoms with Gasteiger partial charge in [-0.3, -0.25) is 4.79 Å². The van der Waals surface area contributed by atoms with Gasteiger partial charge in [0.1, 0.15) is 0 Å². The lowest BCUT2D eigenvalue weighted by atomic mass is 10.1. The first kappa shape index (κ1) is 17.7. The number of rotatable bonds is 1. The minimum absolute atomic E-state index is 0.144. The molecule has 118 valence electrons. The monoisotopic (exact) mass is 291 g/mol. The first-order valence-corrected chi connectivity index (χ1v) is 8.07. The molecule has 0 atom stereocenters. The highest BCUT2D eigenvalue weighted by Crippen LogP contribution is 2.23. The van der Waals surface area contributed by atoms with Gasteiger partial charge in [-0.05, 0) is 37.3 Å². The van der Waals surface area contributed by atoms with Crippen molar-refractivity contribution in [2.75, 3.05) is 13.7 Å². The molecule has 0 unspecified atom stereocenters. The molecule has 1 aromatic carbocycles. The number of amides is 1. The third-order valence-electron chi connectivity index (χ3n) is 3.98. The Labute approximate surface area is 129 Å². The fourth-order valence-corrected chi connectivity index (χ4v) is 2.79. The maximum absolute atomic E-state index is 11.4. The Morgan fingerprint density at radius 1 is 1.24 bits per heavy atom. The highest BCUT2D eigenvalue weighted by Gasteiger charge is 2.23. The Balaban J connectivity index is 0.000000210. The van der Waals surface area contributed by atoms with Crippen molar-refractivity contribution in [1.29, 1.82) is 0 Å². The second-order valence-corrected chi connectivity index (χ2v) is 5.65. The van der Waals surface area contributed by atoms with Gasteiger partial charge in [0.2, 0.25) is 0 Å². The van der Waals surface area contributed by atoms with Crippen LogP contribution in [-0.2, 0) is 6.54 Å². The zero-order valence-electron chi connectivity index (χ0n) is 13.9. The predicted molar refractivity (Wildman–Crippen MR) is 87.4 cm³/mol. The summed E-state index contributed by atoms with van der Waals surface area (Å²) < 4.78 is 0. The van der Waals surface area contributed by atoms with Crippen molar-refractivity contribution in [2.24, 2.45) is 5.92 Å². The number of hydrogen-bond donors (Lipinski definition) is 1. The highest BCUT2D eigenvalue weighted by molar-refractivity contribution is 5.98. The van der Waals surface area contributed by atoms with Crippen LogP contribution in [0.15, 0.2) is 18.2 Å². The Bertz CT molecular complexity index is 451. The number of aliphatic hydroxyl groups excluding tert-OH is 1. The molecule has 1 heterocycles. The number of benzene rings is 1. The van der Waals surface area contributed by atoms with Gasteiger partial charge >= 0.3 is 0 Å². The summed E-state index contributed by atoms with van der Waals surface area (Å²) in [4.78, 5) is 13.2.